The lowest BCUT2D eigenvalue weighted by molar-refractivity contribution is 0.0904. The van der Waals surface area contributed by atoms with Crippen LogP contribution in [0.25, 0.3) is 0 Å². The van der Waals surface area contributed by atoms with Crippen LogP contribution < -0.4 is 5.32 Å². The summed E-state index contributed by atoms with van der Waals surface area (Å²) in [6.45, 7) is 3.55. The molecule has 1 aliphatic heterocycles. The van der Waals surface area contributed by atoms with E-state index >= 15 is 0 Å². The van der Waals surface area contributed by atoms with Crippen LogP contribution in [-0.2, 0) is 13.5 Å². The first-order valence-corrected chi connectivity index (χ1v) is 8.93. The normalized spacial score (nSPS) is 24.0. The van der Waals surface area contributed by atoms with E-state index in [1.54, 1.807) is 6.33 Å². The molecular weight excluding hydrogens is 318 g/mol. The predicted molar refractivity (Wildman–Crippen MR) is 92.4 cm³/mol. The molecule has 2 atom stereocenters. The zero-order valence-electron chi connectivity index (χ0n) is 15.0. The van der Waals surface area contributed by atoms with E-state index in [1.165, 1.54) is 12.8 Å². The molecule has 2 aliphatic rings. The second-order valence-corrected chi connectivity index (χ2v) is 7.51. The molecule has 1 N–H and O–H groups in total. The van der Waals surface area contributed by atoms with Crippen molar-refractivity contribution >= 4 is 5.91 Å². The van der Waals surface area contributed by atoms with E-state index in [1.807, 2.05) is 24.7 Å². The van der Waals surface area contributed by atoms with Gasteiger partial charge in [-0.05, 0) is 32.7 Å². The molecule has 2 aromatic rings. The van der Waals surface area contributed by atoms with Crippen LogP contribution in [0, 0.1) is 12.8 Å². The quantitative estimate of drug-likeness (QED) is 0.890. The predicted octanol–water partition coefficient (Wildman–Crippen LogP) is 1.50. The summed E-state index contributed by atoms with van der Waals surface area (Å²) >= 11 is 0. The zero-order chi connectivity index (χ0) is 17.6. The molecule has 1 saturated carbocycles. The number of rotatable bonds is 5. The Labute approximate surface area is 147 Å². The highest BCUT2D eigenvalue weighted by Gasteiger charge is 2.36. The maximum atomic E-state index is 12.8. The highest BCUT2D eigenvalue weighted by molar-refractivity contribution is 5.92. The van der Waals surface area contributed by atoms with Crippen LogP contribution in [0.4, 0.5) is 0 Å². The molecule has 2 fully saturated rings. The van der Waals surface area contributed by atoms with Gasteiger partial charge >= 0.3 is 0 Å². The molecule has 0 bridgehead atoms. The van der Waals surface area contributed by atoms with E-state index < -0.39 is 0 Å². The lowest BCUT2D eigenvalue weighted by Gasteiger charge is -2.19. The van der Waals surface area contributed by atoms with Gasteiger partial charge in [0.25, 0.3) is 5.91 Å². The Bertz CT molecular complexity index is 776. The number of aromatic nitrogens is 3. The topological polar surface area (TPSA) is 76.2 Å². The second-order valence-electron chi connectivity index (χ2n) is 7.51. The summed E-state index contributed by atoms with van der Waals surface area (Å²) in [5.41, 5.74) is 1.81. The highest BCUT2D eigenvalue weighted by atomic mass is 16.4. The van der Waals surface area contributed by atoms with Crippen LogP contribution in [0.1, 0.15) is 46.6 Å². The minimum atomic E-state index is -0.167. The number of carbonyl (C=O) groups is 1. The van der Waals surface area contributed by atoms with E-state index in [0.29, 0.717) is 23.3 Å². The molecule has 7 nitrogen and oxygen atoms in total. The monoisotopic (exact) mass is 343 g/mol. The Kier molecular flexibility index (Phi) is 4.11. The summed E-state index contributed by atoms with van der Waals surface area (Å²) in [6.07, 6.45) is 7.01. The Hall–Kier alpha value is -2.15. The molecule has 134 valence electrons. The van der Waals surface area contributed by atoms with Gasteiger partial charge in [-0.25, -0.2) is 9.97 Å². The van der Waals surface area contributed by atoms with E-state index in [2.05, 4.69) is 27.2 Å². The van der Waals surface area contributed by atoms with Gasteiger partial charge in [-0.2, -0.15) is 0 Å². The van der Waals surface area contributed by atoms with Crippen molar-refractivity contribution in [3.8, 4) is 0 Å². The van der Waals surface area contributed by atoms with Gasteiger partial charge in [0, 0.05) is 44.4 Å². The van der Waals surface area contributed by atoms with Crippen molar-refractivity contribution in [2.75, 3.05) is 20.1 Å². The molecule has 7 heteroatoms. The molecule has 25 heavy (non-hydrogen) atoms. The van der Waals surface area contributed by atoms with Gasteiger partial charge in [0.2, 0.25) is 5.76 Å². The number of nitrogens with one attached hydrogen (secondary N) is 1. The first-order valence-electron chi connectivity index (χ1n) is 8.93. The number of amides is 1. The number of nitrogens with zero attached hydrogens (tertiary/aromatic N) is 4. The van der Waals surface area contributed by atoms with Crippen LogP contribution in [-0.4, -0.2) is 51.5 Å². The van der Waals surface area contributed by atoms with Crippen LogP contribution in [0.3, 0.4) is 0 Å². The number of imidazole rings is 1. The maximum Gasteiger partial charge on any atom is 0.289 e. The summed E-state index contributed by atoms with van der Waals surface area (Å²) in [7, 11) is 4.06. The Balaban J connectivity index is 1.49. The average Bonchev–Trinajstić information content (AvgIpc) is 2.95. The summed E-state index contributed by atoms with van der Waals surface area (Å²) in [4.78, 5) is 23.6. The van der Waals surface area contributed by atoms with E-state index in [-0.39, 0.29) is 17.9 Å². The minimum Gasteiger partial charge on any atom is -0.435 e. The number of likely N-dealkylation sites (N-methyl/N-ethyl adjacent to an activating group) is 1. The summed E-state index contributed by atoms with van der Waals surface area (Å²) in [6, 6.07) is 0.0317. The van der Waals surface area contributed by atoms with Gasteiger partial charge in [0.15, 0.2) is 5.89 Å². The molecule has 1 saturated heterocycles. The zero-order valence-corrected chi connectivity index (χ0v) is 15.0. The molecule has 1 amide bonds. The van der Waals surface area contributed by atoms with Gasteiger partial charge in [0.1, 0.15) is 0 Å². The van der Waals surface area contributed by atoms with Gasteiger partial charge in [-0.15, -0.1) is 0 Å². The van der Waals surface area contributed by atoms with Crippen molar-refractivity contribution in [1.82, 2.24) is 24.8 Å². The third kappa shape index (κ3) is 3.33. The molecule has 2 aromatic heterocycles. The molecular formula is C18H25N5O2. The molecule has 0 aromatic carbocycles. The Morgan fingerprint density at radius 1 is 1.36 bits per heavy atom. The van der Waals surface area contributed by atoms with Crippen molar-refractivity contribution < 1.29 is 9.21 Å². The van der Waals surface area contributed by atoms with Crippen molar-refractivity contribution in [3.63, 3.8) is 0 Å². The Morgan fingerprint density at radius 2 is 2.16 bits per heavy atom. The lowest BCUT2D eigenvalue weighted by Crippen LogP contribution is -2.40. The average molecular weight is 343 g/mol. The third-order valence-corrected chi connectivity index (χ3v) is 5.26. The SMILES string of the molecule is Cc1nc(CC2CC2)oc1C(=O)N[C@@H]1CN(C)C[C@H]1c1cncn1C. The van der Waals surface area contributed by atoms with E-state index in [9.17, 15) is 4.79 Å². The van der Waals surface area contributed by atoms with Crippen LogP contribution in [0.15, 0.2) is 16.9 Å². The third-order valence-electron chi connectivity index (χ3n) is 5.26. The number of hydrogen-bond acceptors (Lipinski definition) is 5. The highest BCUT2D eigenvalue weighted by Crippen LogP contribution is 2.33. The number of aryl methyl sites for hydroxylation is 2. The van der Waals surface area contributed by atoms with Crippen molar-refractivity contribution in [3.05, 3.63) is 35.6 Å². The largest absolute Gasteiger partial charge is 0.435 e. The van der Waals surface area contributed by atoms with Crippen LogP contribution in [0.2, 0.25) is 0 Å². The van der Waals surface area contributed by atoms with Gasteiger partial charge in [-0.1, -0.05) is 0 Å². The molecule has 3 heterocycles. The first kappa shape index (κ1) is 16.3. The first-order chi connectivity index (χ1) is 12.0. The number of likely N-dealkylation sites (tertiary alicyclic amines) is 1. The second kappa shape index (κ2) is 6.29. The number of oxazole rings is 1. The molecule has 4 rings (SSSR count). The fourth-order valence-corrected chi connectivity index (χ4v) is 3.72. The number of hydrogen-bond donors (Lipinski definition) is 1. The maximum absolute atomic E-state index is 12.8. The smallest absolute Gasteiger partial charge is 0.289 e. The van der Waals surface area contributed by atoms with Crippen LogP contribution in [0.5, 0.6) is 0 Å². The van der Waals surface area contributed by atoms with E-state index in [4.69, 9.17) is 4.42 Å². The van der Waals surface area contributed by atoms with Crippen molar-refractivity contribution in [1.29, 1.82) is 0 Å². The summed E-state index contributed by atoms with van der Waals surface area (Å²) < 4.78 is 7.78. The fraction of sp³-hybridized carbons (Fsp3) is 0.611. The van der Waals surface area contributed by atoms with Crippen molar-refractivity contribution in [2.24, 2.45) is 13.0 Å². The van der Waals surface area contributed by atoms with Gasteiger partial charge in [-0.3, -0.25) is 4.79 Å². The molecule has 1 aliphatic carbocycles. The minimum absolute atomic E-state index is 0.0317. The molecule has 0 unspecified atom stereocenters. The Morgan fingerprint density at radius 3 is 2.84 bits per heavy atom. The van der Waals surface area contributed by atoms with Gasteiger partial charge in [0.05, 0.1) is 18.1 Å². The van der Waals surface area contributed by atoms with Gasteiger partial charge < -0.3 is 19.2 Å². The summed E-state index contributed by atoms with van der Waals surface area (Å²) in [5.74, 6) is 1.78. The number of carbonyl (C=O) groups excluding carboxylic acids is 1. The lowest BCUT2D eigenvalue weighted by atomic mass is 10.00. The fourth-order valence-electron chi connectivity index (χ4n) is 3.72. The van der Waals surface area contributed by atoms with Crippen molar-refractivity contribution in [2.45, 2.75) is 38.1 Å². The molecule has 0 spiro atoms. The summed E-state index contributed by atoms with van der Waals surface area (Å²) in [5, 5.41) is 3.16. The van der Waals surface area contributed by atoms with Crippen LogP contribution >= 0.6 is 0 Å². The van der Waals surface area contributed by atoms with E-state index in [0.717, 1.165) is 25.2 Å². The standard InChI is InChI=1S/C18H25N5O2/c1-11-17(25-16(20-11)6-12-4-5-12)18(24)21-14-9-22(2)8-13(14)15-7-19-10-23(15)3/h7,10,12-14H,4-6,8-9H2,1-3H3,(H,21,24)/t13-,14-/m1/s1. The molecule has 0 radical (unpaired) electrons.